The van der Waals surface area contributed by atoms with Crippen molar-refractivity contribution in [1.82, 2.24) is 5.32 Å². The number of hydrogen-bond acceptors (Lipinski definition) is 2. The van der Waals surface area contributed by atoms with Gasteiger partial charge in [0.15, 0.2) is 6.07 Å². The van der Waals surface area contributed by atoms with Crippen molar-refractivity contribution >= 4 is 17.5 Å². The van der Waals surface area contributed by atoms with Crippen LogP contribution in [0.15, 0.2) is 18.2 Å². The molecular weight excluding hydrogens is 243 g/mol. The van der Waals surface area contributed by atoms with Gasteiger partial charge in [-0.25, -0.2) is 4.39 Å². The van der Waals surface area contributed by atoms with Crippen LogP contribution in [0.2, 0.25) is 5.02 Å². The topological polar surface area (TPSA) is 52.9 Å². The lowest BCUT2D eigenvalue weighted by Crippen LogP contribution is -2.36. The first kappa shape index (κ1) is 13.5. The molecule has 1 N–H and O–H groups in total. The number of rotatable bonds is 3. The molecule has 1 rings (SSSR count). The van der Waals surface area contributed by atoms with Crippen LogP contribution >= 0.6 is 11.6 Å². The minimum Gasteiger partial charge on any atom is -0.343 e. The third-order valence-corrected chi connectivity index (χ3v) is 2.78. The summed E-state index contributed by atoms with van der Waals surface area (Å²) < 4.78 is 13.0. The van der Waals surface area contributed by atoms with Crippen molar-refractivity contribution < 1.29 is 9.18 Å². The summed E-state index contributed by atoms with van der Waals surface area (Å²) in [6.45, 7) is 4.02. The van der Waals surface area contributed by atoms with E-state index in [0.717, 1.165) is 5.56 Å². The Kier molecular flexibility index (Phi) is 4.08. The number of hydrogen-bond donors (Lipinski definition) is 1. The van der Waals surface area contributed by atoms with E-state index in [0.29, 0.717) is 0 Å². The molecule has 0 spiro atoms. The van der Waals surface area contributed by atoms with E-state index in [4.69, 9.17) is 16.9 Å². The Bertz CT molecular complexity index is 480. The van der Waals surface area contributed by atoms with Gasteiger partial charge in [0.25, 0.3) is 0 Å². The quantitative estimate of drug-likeness (QED) is 0.842. The zero-order valence-electron chi connectivity index (χ0n) is 9.55. The Labute approximate surface area is 104 Å². The number of nitriles is 1. The summed E-state index contributed by atoms with van der Waals surface area (Å²) in [7, 11) is 0. The number of amides is 1. The summed E-state index contributed by atoms with van der Waals surface area (Å²) in [6, 6.07) is 5.89. The molecular formula is C12H12ClFN2O. The minimum atomic E-state index is -0.689. The van der Waals surface area contributed by atoms with Crippen molar-refractivity contribution in [2.75, 3.05) is 6.54 Å². The number of halogens is 2. The lowest BCUT2D eigenvalue weighted by Gasteiger charge is -2.25. The van der Waals surface area contributed by atoms with Gasteiger partial charge in [0, 0.05) is 12.0 Å². The second-order valence-corrected chi connectivity index (χ2v) is 4.71. The molecule has 17 heavy (non-hydrogen) atoms. The summed E-state index contributed by atoms with van der Waals surface area (Å²) in [5, 5.41) is 10.9. The molecule has 90 valence electrons. The van der Waals surface area contributed by atoms with Crippen molar-refractivity contribution in [3.63, 3.8) is 0 Å². The highest BCUT2D eigenvalue weighted by Gasteiger charge is 2.22. The van der Waals surface area contributed by atoms with Gasteiger partial charge < -0.3 is 5.32 Å². The molecule has 1 aromatic rings. The molecule has 0 atom stereocenters. The molecule has 1 aromatic carbocycles. The van der Waals surface area contributed by atoms with Crippen LogP contribution in [0.4, 0.5) is 4.39 Å². The Morgan fingerprint density at radius 2 is 2.24 bits per heavy atom. The molecule has 3 nitrogen and oxygen atoms in total. The van der Waals surface area contributed by atoms with Gasteiger partial charge in [-0.3, -0.25) is 4.79 Å². The Morgan fingerprint density at radius 1 is 1.59 bits per heavy atom. The van der Waals surface area contributed by atoms with Crippen LogP contribution in [0.1, 0.15) is 19.4 Å². The highest BCUT2D eigenvalue weighted by Crippen LogP contribution is 2.26. The van der Waals surface area contributed by atoms with Crippen molar-refractivity contribution in [3.8, 4) is 6.07 Å². The van der Waals surface area contributed by atoms with Crippen LogP contribution in [0.3, 0.4) is 0 Å². The number of carbonyl (C=O) groups is 1. The second-order valence-electron chi connectivity index (χ2n) is 4.31. The van der Waals surface area contributed by atoms with Gasteiger partial charge in [0.05, 0.1) is 5.02 Å². The Balaban J connectivity index is 2.86. The van der Waals surface area contributed by atoms with E-state index in [1.54, 1.807) is 6.07 Å². The van der Waals surface area contributed by atoms with Gasteiger partial charge in [0.1, 0.15) is 5.82 Å². The molecule has 1 amide bonds. The largest absolute Gasteiger partial charge is 0.343 e. The second kappa shape index (κ2) is 5.15. The summed E-state index contributed by atoms with van der Waals surface area (Å²) in [4.78, 5) is 10.9. The van der Waals surface area contributed by atoms with Crippen molar-refractivity contribution in [1.29, 1.82) is 5.26 Å². The third-order valence-electron chi connectivity index (χ3n) is 2.49. The maximum Gasteiger partial charge on any atom is 0.322 e. The normalized spacial score (nSPS) is 10.8. The first-order chi connectivity index (χ1) is 7.86. The average Bonchev–Trinajstić information content (AvgIpc) is 2.29. The van der Waals surface area contributed by atoms with Gasteiger partial charge in [-0.05, 0) is 17.7 Å². The molecule has 0 saturated carbocycles. The highest BCUT2D eigenvalue weighted by atomic mass is 35.5. The fourth-order valence-corrected chi connectivity index (χ4v) is 1.54. The molecule has 0 radical (unpaired) electrons. The molecule has 0 fully saturated rings. The van der Waals surface area contributed by atoms with Gasteiger partial charge in [-0.2, -0.15) is 5.26 Å². The van der Waals surface area contributed by atoms with E-state index in [9.17, 15) is 9.18 Å². The van der Waals surface area contributed by atoms with E-state index in [2.05, 4.69) is 5.32 Å². The van der Waals surface area contributed by atoms with E-state index in [1.165, 1.54) is 18.2 Å². The number of carbonyl (C=O) groups excluding carboxylic acids is 1. The van der Waals surface area contributed by atoms with Gasteiger partial charge in [-0.15, -0.1) is 0 Å². The minimum absolute atomic E-state index is 0.0437. The van der Waals surface area contributed by atoms with E-state index in [1.807, 2.05) is 13.8 Å². The number of nitrogens with one attached hydrogen (secondary N) is 1. The van der Waals surface area contributed by atoms with Crippen molar-refractivity contribution in [2.24, 2.45) is 0 Å². The van der Waals surface area contributed by atoms with Gasteiger partial charge in [0.2, 0.25) is 0 Å². The van der Waals surface area contributed by atoms with Crippen molar-refractivity contribution in [2.45, 2.75) is 19.3 Å². The van der Waals surface area contributed by atoms with Crippen LogP contribution in [0.5, 0.6) is 0 Å². The van der Waals surface area contributed by atoms with E-state index in [-0.39, 0.29) is 11.6 Å². The lowest BCUT2D eigenvalue weighted by molar-refractivity contribution is -0.116. The molecule has 0 aromatic heterocycles. The molecule has 0 unspecified atom stereocenters. The van der Waals surface area contributed by atoms with Crippen LogP contribution in [0.25, 0.3) is 0 Å². The van der Waals surface area contributed by atoms with Crippen LogP contribution < -0.4 is 5.32 Å². The highest BCUT2D eigenvalue weighted by molar-refractivity contribution is 6.30. The monoisotopic (exact) mass is 254 g/mol. The zero-order valence-corrected chi connectivity index (χ0v) is 10.3. The summed E-state index contributed by atoms with van der Waals surface area (Å²) in [6.07, 6.45) is 0. The molecule has 0 aliphatic rings. The first-order valence-corrected chi connectivity index (χ1v) is 5.38. The van der Waals surface area contributed by atoms with Crippen LogP contribution in [-0.2, 0) is 10.2 Å². The third kappa shape index (κ3) is 3.43. The molecule has 0 bridgehead atoms. The Hall–Kier alpha value is -1.60. The zero-order chi connectivity index (χ0) is 13.1. The lowest BCUT2D eigenvalue weighted by atomic mass is 9.84. The van der Waals surface area contributed by atoms with Gasteiger partial charge >= 0.3 is 5.91 Å². The SMILES string of the molecule is CC(C)(CNC(=O)C#N)c1ccc(F)c(Cl)c1. The Morgan fingerprint density at radius 3 is 2.76 bits per heavy atom. The van der Waals surface area contributed by atoms with Crippen molar-refractivity contribution in [3.05, 3.63) is 34.6 Å². The predicted molar refractivity (Wildman–Crippen MR) is 63.1 cm³/mol. The summed E-state index contributed by atoms with van der Waals surface area (Å²) in [5.41, 5.74) is 0.367. The fraction of sp³-hybridized carbons (Fsp3) is 0.333. The number of benzene rings is 1. The molecule has 0 aliphatic heterocycles. The van der Waals surface area contributed by atoms with E-state index < -0.39 is 17.1 Å². The number of nitrogens with zero attached hydrogens (tertiary/aromatic N) is 1. The van der Waals surface area contributed by atoms with E-state index >= 15 is 0 Å². The van der Waals surface area contributed by atoms with Crippen LogP contribution in [-0.4, -0.2) is 12.5 Å². The standard InChI is InChI=1S/C12H12ClFN2O/c1-12(2,7-16-11(17)6-15)8-3-4-10(14)9(13)5-8/h3-5H,7H2,1-2H3,(H,16,17). The summed E-state index contributed by atoms with van der Waals surface area (Å²) >= 11 is 5.70. The smallest absolute Gasteiger partial charge is 0.322 e. The molecule has 0 aliphatic carbocycles. The van der Waals surface area contributed by atoms with Gasteiger partial charge in [-0.1, -0.05) is 31.5 Å². The van der Waals surface area contributed by atoms with Crippen LogP contribution in [0, 0.1) is 17.1 Å². The molecule has 0 heterocycles. The molecule has 0 saturated heterocycles. The fourth-order valence-electron chi connectivity index (χ4n) is 1.36. The predicted octanol–water partition coefficient (Wildman–Crippen LogP) is 2.40. The summed E-state index contributed by atoms with van der Waals surface area (Å²) in [5.74, 6) is -1.17. The maximum atomic E-state index is 13.0. The molecule has 5 heteroatoms. The average molecular weight is 255 g/mol. The first-order valence-electron chi connectivity index (χ1n) is 5.00. The maximum absolute atomic E-state index is 13.0.